The van der Waals surface area contributed by atoms with Crippen LogP contribution in [-0.4, -0.2) is 23.0 Å². The molecular weight excluding hydrogens is 246 g/mol. The molecule has 4 nitrogen and oxygen atoms in total. The summed E-state index contributed by atoms with van der Waals surface area (Å²) in [4.78, 5) is 0. The van der Waals surface area contributed by atoms with Crippen LogP contribution in [0.25, 0.3) is 0 Å². The van der Waals surface area contributed by atoms with Crippen LogP contribution in [0.3, 0.4) is 0 Å². The molecule has 1 aromatic rings. The summed E-state index contributed by atoms with van der Waals surface area (Å²) in [6, 6.07) is 0. The number of hydrogen-bond acceptors (Lipinski definition) is 3. The number of nitrogens with two attached hydrogens (primary N) is 1. The molecule has 1 aliphatic carbocycles. The van der Waals surface area contributed by atoms with Crippen LogP contribution in [0.5, 0.6) is 0 Å². The monoisotopic (exact) mass is 259 g/mol. The van der Waals surface area contributed by atoms with Gasteiger partial charge in [-0.05, 0) is 34.7 Å². The Morgan fingerprint density at radius 2 is 2.43 bits per heavy atom. The predicted octanol–water partition coefficient (Wildman–Crippen LogP) is 1.65. The minimum Gasteiger partial charge on any atom is -0.381 e. The molecule has 0 spiro atoms. The highest BCUT2D eigenvalue weighted by Crippen LogP contribution is 2.31. The van der Waals surface area contributed by atoms with Crippen LogP contribution >= 0.6 is 15.9 Å². The zero-order valence-electron chi connectivity index (χ0n) is 8.11. The minimum absolute atomic E-state index is 0.455. The summed E-state index contributed by atoms with van der Waals surface area (Å²) in [6.07, 6.45) is 4.65. The van der Waals surface area contributed by atoms with Gasteiger partial charge in [0.15, 0.2) is 5.82 Å². The van der Waals surface area contributed by atoms with Gasteiger partial charge in [0.05, 0.1) is 10.6 Å². The molecule has 2 rings (SSSR count). The Bertz CT molecular complexity index is 300. The summed E-state index contributed by atoms with van der Waals surface area (Å²) < 4.78 is 7.99. The molecule has 1 saturated carbocycles. The van der Waals surface area contributed by atoms with E-state index in [-0.39, 0.29) is 0 Å². The van der Waals surface area contributed by atoms with E-state index < -0.39 is 0 Å². The first-order valence-electron chi connectivity index (χ1n) is 4.70. The molecule has 0 bridgehead atoms. The minimum atomic E-state index is 0.455. The molecule has 1 heterocycles. The molecule has 0 saturated heterocycles. The van der Waals surface area contributed by atoms with Gasteiger partial charge in [0, 0.05) is 19.9 Å². The van der Waals surface area contributed by atoms with Gasteiger partial charge in [-0.3, -0.25) is 4.68 Å². The Kier molecular flexibility index (Phi) is 2.78. The smallest absolute Gasteiger partial charge is 0.159 e. The number of methoxy groups -OCH3 is 1. The largest absolute Gasteiger partial charge is 0.381 e. The Labute approximate surface area is 91.5 Å². The fraction of sp³-hybridized carbons (Fsp3) is 0.667. The standard InChI is InChI=1S/C9H14BrN3O/c1-14-7-2-6(3-7)4-13-5-8(10)9(11)12-13/h5-7H,2-4H2,1H3,(H2,11,12). The first-order valence-corrected chi connectivity index (χ1v) is 5.49. The van der Waals surface area contributed by atoms with E-state index in [1.807, 2.05) is 10.9 Å². The van der Waals surface area contributed by atoms with E-state index in [2.05, 4.69) is 21.0 Å². The lowest BCUT2D eigenvalue weighted by molar-refractivity contribution is -0.00544. The van der Waals surface area contributed by atoms with Gasteiger partial charge in [-0.15, -0.1) is 0 Å². The van der Waals surface area contributed by atoms with Gasteiger partial charge in [0.2, 0.25) is 0 Å². The van der Waals surface area contributed by atoms with Gasteiger partial charge in [-0.25, -0.2) is 0 Å². The van der Waals surface area contributed by atoms with Crippen LogP contribution in [-0.2, 0) is 11.3 Å². The Balaban J connectivity index is 1.87. The lowest BCUT2D eigenvalue weighted by Crippen LogP contribution is -2.33. The molecule has 0 aliphatic heterocycles. The summed E-state index contributed by atoms with van der Waals surface area (Å²) >= 11 is 3.34. The maximum absolute atomic E-state index is 5.63. The highest BCUT2D eigenvalue weighted by atomic mass is 79.9. The van der Waals surface area contributed by atoms with Crippen LogP contribution < -0.4 is 5.73 Å². The quantitative estimate of drug-likeness (QED) is 0.899. The summed E-state index contributed by atoms with van der Waals surface area (Å²) in [5, 5.41) is 4.19. The van der Waals surface area contributed by atoms with Crippen molar-refractivity contribution in [2.75, 3.05) is 12.8 Å². The molecule has 2 N–H and O–H groups in total. The zero-order chi connectivity index (χ0) is 10.1. The normalized spacial score (nSPS) is 26.1. The third kappa shape index (κ3) is 1.93. The van der Waals surface area contributed by atoms with Gasteiger partial charge < -0.3 is 10.5 Å². The van der Waals surface area contributed by atoms with E-state index >= 15 is 0 Å². The number of hydrogen-bond donors (Lipinski definition) is 1. The van der Waals surface area contributed by atoms with Gasteiger partial charge in [0.25, 0.3) is 0 Å². The highest BCUT2D eigenvalue weighted by Gasteiger charge is 2.29. The molecule has 0 atom stereocenters. The number of anilines is 1. The second-order valence-electron chi connectivity index (χ2n) is 3.78. The summed E-state index contributed by atoms with van der Waals surface area (Å²) in [5.41, 5.74) is 5.63. The number of ether oxygens (including phenoxy) is 1. The van der Waals surface area contributed by atoms with E-state index in [1.165, 1.54) is 0 Å². The van der Waals surface area contributed by atoms with Crippen molar-refractivity contribution in [2.45, 2.75) is 25.5 Å². The first-order chi connectivity index (χ1) is 6.69. The molecule has 0 amide bonds. The molecule has 5 heteroatoms. The van der Waals surface area contributed by atoms with Crippen LogP contribution in [0, 0.1) is 5.92 Å². The molecule has 78 valence electrons. The van der Waals surface area contributed by atoms with E-state index in [0.717, 1.165) is 23.9 Å². The zero-order valence-corrected chi connectivity index (χ0v) is 9.70. The number of halogens is 1. The third-order valence-electron chi connectivity index (χ3n) is 2.71. The molecule has 14 heavy (non-hydrogen) atoms. The average Bonchev–Trinajstić information content (AvgIpc) is 2.38. The molecule has 1 aliphatic rings. The van der Waals surface area contributed by atoms with E-state index in [9.17, 15) is 0 Å². The number of rotatable bonds is 3. The first kappa shape index (κ1) is 9.98. The lowest BCUT2D eigenvalue weighted by atomic mass is 9.82. The Hall–Kier alpha value is -0.550. The SMILES string of the molecule is COC1CC(Cn2cc(Br)c(N)n2)C1. The van der Waals surface area contributed by atoms with Gasteiger partial charge in [-0.2, -0.15) is 5.10 Å². The third-order valence-corrected chi connectivity index (χ3v) is 3.33. The Morgan fingerprint density at radius 1 is 1.71 bits per heavy atom. The van der Waals surface area contributed by atoms with Crippen molar-refractivity contribution < 1.29 is 4.74 Å². The van der Waals surface area contributed by atoms with Gasteiger partial charge >= 0.3 is 0 Å². The topological polar surface area (TPSA) is 53.1 Å². The molecule has 0 unspecified atom stereocenters. The number of nitrogen functional groups attached to an aromatic ring is 1. The van der Waals surface area contributed by atoms with Crippen molar-refractivity contribution >= 4 is 21.7 Å². The fourth-order valence-corrected chi connectivity index (χ4v) is 2.10. The van der Waals surface area contributed by atoms with Crippen LogP contribution in [0.1, 0.15) is 12.8 Å². The summed E-state index contributed by atoms with van der Waals surface area (Å²) in [7, 11) is 1.77. The molecule has 0 radical (unpaired) electrons. The second kappa shape index (κ2) is 3.90. The van der Waals surface area contributed by atoms with Crippen molar-refractivity contribution in [1.82, 2.24) is 9.78 Å². The number of aromatic nitrogens is 2. The summed E-state index contributed by atoms with van der Waals surface area (Å²) in [6.45, 7) is 0.940. The van der Waals surface area contributed by atoms with Crippen LogP contribution in [0.4, 0.5) is 5.82 Å². The number of nitrogens with zero attached hydrogens (tertiary/aromatic N) is 2. The van der Waals surface area contributed by atoms with Crippen molar-refractivity contribution in [2.24, 2.45) is 5.92 Å². The van der Waals surface area contributed by atoms with E-state index in [0.29, 0.717) is 17.8 Å². The average molecular weight is 260 g/mol. The maximum Gasteiger partial charge on any atom is 0.159 e. The lowest BCUT2D eigenvalue weighted by Gasteiger charge is -2.33. The van der Waals surface area contributed by atoms with Crippen molar-refractivity contribution in [3.8, 4) is 0 Å². The Morgan fingerprint density at radius 3 is 2.93 bits per heavy atom. The van der Waals surface area contributed by atoms with Crippen molar-refractivity contribution in [3.63, 3.8) is 0 Å². The van der Waals surface area contributed by atoms with E-state index in [1.54, 1.807) is 7.11 Å². The molecular formula is C9H14BrN3O. The molecule has 1 aromatic heterocycles. The highest BCUT2D eigenvalue weighted by molar-refractivity contribution is 9.10. The van der Waals surface area contributed by atoms with Crippen LogP contribution in [0.15, 0.2) is 10.7 Å². The van der Waals surface area contributed by atoms with Crippen molar-refractivity contribution in [1.29, 1.82) is 0 Å². The van der Waals surface area contributed by atoms with Gasteiger partial charge in [0.1, 0.15) is 0 Å². The molecule has 0 aromatic carbocycles. The van der Waals surface area contributed by atoms with Crippen molar-refractivity contribution in [3.05, 3.63) is 10.7 Å². The van der Waals surface area contributed by atoms with E-state index in [4.69, 9.17) is 10.5 Å². The maximum atomic E-state index is 5.63. The fourth-order valence-electron chi connectivity index (χ4n) is 1.79. The predicted molar refractivity (Wildman–Crippen MR) is 57.9 cm³/mol. The van der Waals surface area contributed by atoms with Crippen LogP contribution in [0.2, 0.25) is 0 Å². The second-order valence-corrected chi connectivity index (χ2v) is 4.63. The summed E-state index contributed by atoms with van der Waals surface area (Å²) in [5.74, 6) is 1.25. The molecule has 1 fully saturated rings. The van der Waals surface area contributed by atoms with Gasteiger partial charge in [-0.1, -0.05) is 0 Å².